The van der Waals surface area contributed by atoms with E-state index >= 15 is 0 Å². The molecule has 0 aliphatic heterocycles. The first-order valence-corrected chi connectivity index (χ1v) is 8.26. The summed E-state index contributed by atoms with van der Waals surface area (Å²) in [6.07, 6.45) is 5.09. The highest BCUT2D eigenvalue weighted by molar-refractivity contribution is 5.83. The van der Waals surface area contributed by atoms with E-state index in [2.05, 4.69) is 35.9 Å². The predicted octanol–water partition coefficient (Wildman–Crippen LogP) is 4.46. The number of nitrogens with one attached hydrogen (secondary N) is 1. The molecule has 0 bridgehead atoms. The SMILES string of the molecule is C=CCOc1ccccc1C=NNc1oc(C(CC)CC)nc1C#N. The summed E-state index contributed by atoms with van der Waals surface area (Å²) in [5, 5.41) is 13.4. The Morgan fingerprint density at radius 1 is 1.40 bits per heavy atom. The van der Waals surface area contributed by atoms with Gasteiger partial charge in [-0.05, 0) is 25.0 Å². The first kappa shape index (κ1) is 18.3. The number of hydrogen-bond donors (Lipinski definition) is 1. The Hall–Kier alpha value is -3.07. The van der Waals surface area contributed by atoms with Crippen molar-refractivity contribution in [1.82, 2.24) is 4.98 Å². The number of anilines is 1. The van der Waals surface area contributed by atoms with Gasteiger partial charge in [-0.15, -0.1) is 0 Å². The van der Waals surface area contributed by atoms with Crippen molar-refractivity contribution in [1.29, 1.82) is 5.26 Å². The van der Waals surface area contributed by atoms with Crippen molar-refractivity contribution >= 4 is 12.1 Å². The molecule has 25 heavy (non-hydrogen) atoms. The molecule has 1 heterocycles. The van der Waals surface area contributed by atoms with E-state index in [0.717, 1.165) is 18.4 Å². The summed E-state index contributed by atoms with van der Waals surface area (Å²) in [5.74, 6) is 1.71. The Bertz CT molecular complexity index is 770. The molecule has 1 aromatic carbocycles. The second-order valence-electron chi connectivity index (χ2n) is 5.36. The van der Waals surface area contributed by atoms with Gasteiger partial charge in [-0.25, -0.2) is 10.4 Å². The number of para-hydroxylation sites is 1. The lowest BCUT2D eigenvalue weighted by Gasteiger charge is -2.06. The molecule has 0 radical (unpaired) electrons. The first-order valence-electron chi connectivity index (χ1n) is 8.26. The van der Waals surface area contributed by atoms with E-state index < -0.39 is 0 Å². The van der Waals surface area contributed by atoms with E-state index in [-0.39, 0.29) is 17.5 Å². The molecule has 0 aliphatic rings. The van der Waals surface area contributed by atoms with Gasteiger partial charge in [0.2, 0.25) is 11.6 Å². The third-order valence-corrected chi connectivity index (χ3v) is 3.73. The summed E-state index contributed by atoms with van der Waals surface area (Å²) in [4.78, 5) is 4.25. The van der Waals surface area contributed by atoms with E-state index in [1.165, 1.54) is 0 Å². The Morgan fingerprint density at radius 2 is 2.16 bits per heavy atom. The average molecular weight is 338 g/mol. The van der Waals surface area contributed by atoms with Crippen molar-refractivity contribution in [2.75, 3.05) is 12.0 Å². The largest absolute Gasteiger partial charge is 0.489 e. The zero-order valence-corrected chi connectivity index (χ0v) is 14.5. The minimum Gasteiger partial charge on any atom is -0.489 e. The summed E-state index contributed by atoms with van der Waals surface area (Å²) in [7, 11) is 0. The summed E-state index contributed by atoms with van der Waals surface area (Å²) in [6, 6.07) is 9.54. The van der Waals surface area contributed by atoms with Crippen LogP contribution in [0.4, 0.5) is 5.88 Å². The summed E-state index contributed by atoms with van der Waals surface area (Å²) in [5.41, 5.74) is 3.77. The van der Waals surface area contributed by atoms with E-state index in [1.807, 2.05) is 30.3 Å². The molecule has 1 N–H and O–H groups in total. The third kappa shape index (κ3) is 4.70. The lowest BCUT2D eigenvalue weighted by atomic mass is 10.0. The van der Waals surface area contributed by atoms with Crippen LogP contribution < -0.4 is 10.2 Å². The molecule has 130 valence electrons. The topological polar surface area (TPSA) is 83.4 Å². The number of hydrazone groups is 1. The lowest BCUT2D eigenvalue weighted by Crippen LogP contribution is -1.98. The number of hydrogen-bond acceptors (Lipinski definition) is 6. The molecule has 0 unspecified atom stereocenters. The van der Waals surface area contributed by atoms with Gasteiger partial charge >= 0.3 is 0 Å². The van der Waals surface area contributed by atoms with Gasteiger partial charge in [0.15, 0.2) is 0 Å². The predicted molar refractivity (Wildman–Crippen MR) is 97.9 cm³/mol. The summed E-state index contributed by atoms with van der Waals surface area (Å²) in [6.45, 7) is 8.18. The summed E-state index contributed by atoms with van der Waals surface area (Å²) >= 11 is 0. The van der Waals surface area contributed by atoms with Crippen molar-refractivity contribution in [3.8, 4) is 11.8 Å². The third-order valence-electron chi connectivity index (χ3n) is 3.73. The molecule has 0 amide bonds. The van der Waals surface area contributed by atoms with Crippen LogP contribution in [0.15, 0.2) is 46.4 Å². The highest BCUT2D eigenvalue weighted by Gasteiger charge is 2.18. The van der Waals surface area contributed by atoms with Gasteiger partial charge in [-0.2, -0.15) is 10.4 Å². The monoisotopic (exact) mass is 338 g/mol. The van der Waals surface area contributed by atoms with Crippen molar-refractivity contribution in [3.05, 3.63) is 54.1 Å². The van der Waals surface area contributed by atoms with Gasteiger partial charge in [0.25, 0.3) is 5.88 Å². The van der Waals surface area contributed by atoms with Crippen LogP contribution >= 0.6 is 0 Å². The average Bonchev–Trinajstić information content (AvgIpc) is 3.05. The van der Waals surface area contributed by atoms with Crippen LogP contribution in [0.25, 0.3) is 0 Å². The molecular weight excluding hydrogens is 316 g/mol. The second-order valence-corrected chi connectivity index (χ2v) is 5.36. The fourth-order valence-electron chi connectivity index (χ4n) is 2.33. The molecule has 0 fully saturated rings. The molecule has 1 aromatic heterocycles. The van der Waals surface area contributed by atoms with Crippen molar-refractivity contribution in [2.45, 2.75) is 32.6 Å². The van der Waals surface area contributed by atoms with Crippen molar-refractivity contribution in [3.63, 3.8) is 0 Å². The highest BCUT2D eigenvalue weighted by atomic mass is 16.5. The zero-order chi connectivity index (χ0) is 18.1. The number of rotatable bonds is 9. The number of ether oxygens (including phenoxy) is 1. The smallest absolute Gasteiger partial charge is 0.252 e. The van der Waals surface area contributed by atoms with Gasteiger partial charge in [0, 0.05) is 11.5 Å². The fraction of sp³-hybridized carbons (Fsp3) is 0.316. The van der Waals surface area contributed by atoms with E-state index in [0.29, 0.717) is 18.2 Å². The maximum absolute atomic E-state index is 9.22. The van der Waals surface area contributed by atoms with Crippen LogP contribution in [-0.2, 0) is 0 Å². The number of nitriles is 1. The minimum absolute atomic E-state index is 0.194. The number of aromatic nitrogens is 1. The van der Waals surface area contributed by atoms with E-state index in [4.69, 9.17) is 9.15 Å². The Kier molecular flexibility index (Phi) is 6.78. The van der Waals surface area contributed by atoms with E-state index in [9.17, 15) is 5.26 Å². The van der Waals surface area contributed by atoms with Gasteiger partial charge < -0.3 is 9.15 Å². The first-order chi connectivity index (χ1) is 12.2. The van der Waals surface area contributed by atoms with Gasteiger partial charge in [-0.3, -0.25) is 0 Å². The molecule has 0 aliphatic carbocycles. The molecular formula is C19H22N4O2. The minimum atomic E-state index is 0.194. The van der Waals surface area contributed by atoms with Crippen LogP contribution in [0.3, 0.4) is 0 Å². The number of nitrogens with zero attached hydrogens (tertiary/aromatic N) is 3. The Labute approximate surface area is 147 Å². The number of oxazole rings is 1. The standard InChI is InChI=1S/C19H22N4O2/c1-4-11-24-17-10-8-7-9-15(17)13-21-23-19-16(12-20)22-18(25-19)14(5-2)6-3/h4,7-10,13-14,23H,1,5-6,11H2,2-3H3. The normalized spacial score (nSPS) is 10.8. The van der Waals surface area contributed by atoms with E-state index in [1.54, 1.807) is 12.3 Å². The highest BCUT2D eigenvalue weighted by Crippen LogP contribution is 2.27. The number of benzene rings is 1. The molecule has 2 aromatic rings. The molecule has 0 saturated heterocycles. The quantitative estimate of drug-likeness (QED) is 0.414. The molecule has 0 atom stereocenters. The molecule has 0 spiro atoms. The van der Waals surface area contributed by atoms with Gasteiger partial charge in [0.1, 0.15) is 18.4 Å². The van der Waals surface area contributed by atoms with Crippen LogP contribution in [-0.4, -0.2) is 17.8 Å². The van der Waals surface area contributed by atoms with Crippen LogP contribution in [0.2, 0.25) is 0 Å². The summed E-state index contributed by atoms with van der Waals surface area (Å²) < 4.78 is 11.3. The van der Waals surface area contributed by atoms with Gasteiger partial charge in [0.05, 0.1) is 6.21 Å². The Balaban J connectivity index is 2.15. The zero-order valence-electron chi connectivity index (χ0n) is 14.5. The van der Waals surface area contributed by atoms with Crippen LogP contribution in [0.5, 0.6) is 5.75 Å². The molecule has 6 heteroatoms. The molecule has 6 nitrogen and oxygen atoms in total. The molecule has 0 saturated carbocycles. The van der Waals surface area contributed by atoms with Crippen LogP contribution in [0, 0.1) is 11.3 Å². The lowest BCUT2D eigenvalue weighted by molar-refractivity contribution is 0.363. The van der Waals surface area contributed by atoms with Crippen molar-refractivity contribution in [2.24, 2.45) is 5.10 Å². The second kappa shape index (κ2) is 9.28. The fourth-order valence-corrected chi connectivity index (χ4v) is 2.33. The maximum Gasteiger partial charge on any atom is 0.252 e. The van der Waals surface area contributed by atoms with Crippen molar-refractivity contribution < 1.29 is 9.15 Å². The Morgan fingerprint density at radius 3 is 2.84 bits per heavy atom. The molecule has 2 rings (SSSR count). The maximum atomic E-state index is 9.22. The van der Waals surface area contributed by atoms with Crippen LogP contribution in [0.1, 0.15) is 49.8 Å². The van der Waals surface area contributed by atoms with Gasteiger partial charge in [-0.1, -0.05) is 38.6 Å².